The van der Waals surface area contributed by atoms with Gasteiger partial charge >= 0.3 is 11.9 Å². The largest absolute Gasteiger partial charge is 0.462 e. The molecule has 6 heteroatoms. The molecule has 0 aromatic heterocycles. The Morgan fingerprint density at radius 3 is 2.29 bits per heavy atom. The van der Waals surface area contributed by atoms with E-state index >= 15 is 0 Å². The summed E-state index contributed by atoms with van der Waals surface area (Å²) in [6.45, 7) is 3.50. The minimum Gasteiger partial charge on any atom is -0.462 e. The molecule has 0 aliphatic rings. The van der Waals surface area contributed by atoms with Crippen molar-refractivity contribution in [2.24, 2.45) is 0 Å². The summed E-state index contributed by atoms with van der Waals surface area (Å²) < 4.78 is 5.31. The molecular formula is C15H18BrNO4. The van der Waals surface area contributed by atoms with Crippen LogP contribution >= 0.6 is 15.9 Å². The van der Waals surface area contributed by atoms with Gasteiger partial charge in [-0.3, -0.25) is 14.5 Å². The zero-order valence-electron chi connectivity index (χ0n) is 12.3. The molecule has 0 fully saturated rings. The van der Waals surface area contributed by atoms with Gasteiger partial charge in [-0.2, -0.15) is 0 Å². The van der Waals surface area contributed by atoms with E-state index in [2.05, 4.69) is 20.7 Å². The maximum Gasteiger partial charge on any atom is 0.397 e. The lowest BCUT2D eigenvalue weighted by Crippen LogP contribution is -2.47. The summed E-state index contributed by atoms with van der Waals surface area (Å²) in [4.78, 5) is 37.0. The summed E-state index contributed by atoms with van der Waals surface area (Å²) in [5, 5.41) is 0. The van der Waals surface area contributed by atoms with E-state index in [1.165, 1.54) is 4.90 Å². The van der Waals surface area contributed by atoms with Crippen molar-refractivity contribution in [3.8, 4) is 0 Å². The van der Waals surface area contributed by atoms with Gasteiger partial charge in [0, 0.05) is 16.6 Å². The molecular weight excluding hydrogens is 338 g/mol. The van der Waals surface area contributed by atoms with Crippen molar-refractivity contribution in [2.75, 3.05) is 12.0 Å². The number of esters is 1. The standard InChI is InChI=1S/C15H18BrNO4/c1-4-5-13(18)10(2)17(14(19)15(20)21-3)12-8-6-11(16)7-9-12/h6-10H,4-5H2,1-3H3. The maximum atomic E-state index is 12.2. The van der Waals surface area contributed by atoms with Crippen LogP contribution in [0.3, 0.4) is 0 Å². The molecule has 1 aromatic rings. The Morgan fingerprint density at radius 2 is 1.81 bits per heavy atom. The van der Waals surface area contributed by atoms with E-state index in [-0.39, 0.29) is 5.78 Å². The number of ketones is 1. The molecule has 1 unspecified atom stereocenters. The molecule has 1 rings (SSSR count). The van der Waals surface area contributed by atoms with Crippen molar-refractivity contribution >= 4 is 39.3 Å². The quantitative estimate of drug-likeness (QED) is 0.601. The number of anilines is 1. The van der Waals surface area contributed by atoms with E-state index in [9.17, 15) is 14.4 Å². The van der Waals surface area contributed by atoms with E-state index < -0.39 is 17.9 Å². The summed E-state index contributed by atoms with van der Waals surface area (Å²) in [5.74, 6) is -1.94. The summed E-state index contributed by atoms with van der Waals surface area (Å²) in [6, 6.07) is 6.09. The van der Waals surface area contributed by atoms with Gasteiger partial charge in [0.05, 0.1) is 13.2 Å². The second kappa shape index (κ2) is 7.93. The Labute approximate surface area is 132 Å². The van der Waals surface area contributed by atoms with Gasteiger partial charge in [0.1, 0.15) is 0 Å². The van der Waals surface area contributed by atoms with Crippen LogP contribution in [-0.2, 0) is 19.1 Å². The monoisotopic (exact) mass is 355 g/mol. The zero-order valence-corrected chi connectivity index (χ0v) is 13.8. The molecule has 1 atom stereocenters. The molecule has 0 saturated carbocycles. The molecule has 0 heterocycles. The van der Waals surface area contributed by atoms with E-state index in [4.69, 9.17) is 0 Å². The summed E-state index contributed by atoms with van der Waals surface area (Å²) in [6.07, 6.45) is 1.03. The molecule has 5 nitrogen and oxygen atoms in total. The van der Waals surface area contributed by atoms with Crippen LogP contribution < -0.4 is 4.90 Å². The molecule has 0 spiro atoms. The van der Waals surface area contributed by atoms with Crippen LogP contribution in [0.25, 0.3) is 0 Å². The Hall–Kier alpha value is -1.69. The molecule has 0 saturated heterocycles. The van der Waals surface area contributed by atoms with Crippen LogP contribution in [-0.4, -0.2) is 30.8 Å². The summed E-state index contributed by atoms with van der Waals surface area (Å²) in [7, 11) is 1.14. The number of halogens is 1. The molecule has 0 bridgehead atoms. The third-order valence-corrected chi connectivity index (χ3v) is 3.56. The third kappa shape index (κ3) is 4.39. The molecule has 0 N–H and O–H groups in total. The van der Waals surface area contributed by atoms with Crippen molar-refractivity contribution in [1.82, 2.24) is 0 Å². The Bertz CT molecular complexity index is 527. The number of Topliss-reactive ketones (excluding diaryl/α,β-unsaturated/α-hetero) is 1. The molecule has 114 valence electrons. The van der Waals surface area contributed by atoms with E-state index in [0.29, 0.717) is 18.5 Å². The van der Waals surface area contributed by atoms with Gasteiger partial charge in [-0.05, 0) is 37.6 Å². The average Bonchev–Trinajstić information content (AvgIpc) is 2.48. The normalized spacial score (nSPS) is 11.6. The number of rotatable bonds is 5. The smallest absolute Gasteiger partial charge is 0.397 e. The van der Waals surface area contributed by atoms with Gasteiger partial charge in [0.15, 0.2) is 5.78 Å². The van der Waals surface area contributed by atoms with Gasteiger partial charge in [0.2, 0.25) is 0 Å². The number of amides is 1. The van der Waals surface area contributed by atoms with Gasteiger partial charge in [-0.25, -0.2) is 4.79 Å². The molecule has 1 aromatic carbocycles. The van der Waals surface area contributed by atoms with Crippen LogP contribution in [0, 0.1) is 0 Å². The highest BCUT2D eigenvalue weighted by Crippen LogP contribution is 2.22. The summed E-state index contributed by atoms with van der Waals surface area (Å²) in [5.41, 5.74) is 0.477. The number of hydrogen-bond donors (Lipinski definition) is 0. The fraction of sp³-hybridized carbons (Fsp3) is 0.400. The fourth-order valence-corrected chi connectivity index (χ4v) is 2.17. The first kappa shape index (κ1) is 17.4. The molecule has 0 aliphatic heterocycles. The molecule has 21 heavy (non-hydrogen) atoms. The number of benzene rings is 1. The number of ether oxygens (including phenoxy) is 1. The maximum absolute atomic E-state index is 12.2. The van der Waals surface area contributed by atoms with Crippen molar-refractivity contribution in [3.05, 3.63) is 28.7 Å². The van der Waals surface area contributed by atoms with Crippen LogP contribution in [0.1, 0.15) is 26.7 Å². The van der Waals surface area contributed by atoms with E-state index in [1.807, 2.05) is 6.92 Å². The Morgan fingerprint density at radius 1 is 1.24 bits per heavy atom. The first-order valence-corrected chi connectivity index (χ1v) is 7.41. The first-order chi connectivity index (χ1) is 9.92. The predicted molar refractivity (Wildman–Crippen MR) is 83.0 cm³/mol. The predicted octanol–water partition coefficient (Wildman–Crippen LogP) is 2.71. The van der Waals surface area contributed by atoms with Crippen LogP contribution in [0.15, 0.2) is 28.7 Å². The van der Waals surface area contributed by atoms with Crippen molar-refractivity contribution in [2.45, 2.75) is 32.7 Å². The van der Waals surface area contributed by atoms with Crippen molar-refractivity contribution in [3.63, 3.8) is 0 Å². The van der Waals surface area contributed by atoms with Crippen molar-refractivity contribution < 1.29 is 19.1 Å². The Kier molecular flexibility index (Phi) is 6.55. The number of methoxy groups -OCH3 is 1. The second-order valence-corrected chi connectivity index (χ2v) is 5.45. The lowest BCUT2D eigenvalue weighted by Gasteiger charge is -2.27. The average molecular weight is 356 g/mol. The molecule has 1 amide bonds. The van der Waals surface area contributed by atoms with Crippen LogP contribution in [0.2, 0.25) is 0 Å². The highest BCUT2D eigenvalue weighted by Gasteiger charge is 2.31. The number of carbonyl (C=O) groups is 3. The van der Waals surface area contributed by atoms with E-state index in [0.717, 1.165) is 11.6 Å². The summed E-state index contributed by atoms with van der Waals surface area (Å²) >= 11 is 3.30. The van der Waals surface area contributed by atoms with E-state index in [1.54, 1.807) is 31.2 Å². The SMILES string of the molecule is CCCC(=O)C(C)N(C(=O)C(=O)OC)c1ccc(Br)cc1. The minimum absolute atomic E-state index is 0.0994. The highest BCUT2D eigenvalue weighted by molar-refractivity contribution is 9.10. The van der Waals surface area contributed by atoms with Crippen LogP contribution in [0.4, 0.5) is 5.69 Å². The Balaban J connectivity index is 3.16. The zero-order chi connectivity index (χ0) is 16.0. The molecule has 0 radical (unpaired) electrons. The number of carbonyl (C=O) groups excluding carboxylic acids is 3. The first-order valence-electron chi connectivity index (χ1n) is 6.62. The van der Waals surface area contributed by atoms with Gasteiger partial charge in [-0.1, -0.05) is 22.9 Å². The van der Waals surface area contributed by atoms with Gasteiger partial charge < -0.3 is 4.74 Å². The van der Waals surface area contributed by atoms with Gasteiger partial charge in [-0.15, -0.1) is 0 Å². The van der Waals surface area contributed by atoms with Crippen LogP contribution in [0.5, 0.6) is 0 Å². The number of hydrogen-bond acceptors (Lipinski definition) is 4. The third-order valence-electron chi connectivity index (χ3n) is 3.03. The second-order valence-electron chi connectivity index (χ2n) is 4.54. The topological polar surface area (TPSA) is 63.7 Å². The highest BCUT2D eigenvalue weighted by atomic mass is 79.9. The van der Waals surface area contributed by atoms with Gasteiger partial charge in [0.25, 0.3) is 0 Å². The minimum atomic E-state index is -0.992. The lowest BCUT2D eigenvalue weighted by molar-refractivity contribution is -0.151. The fourth-order valence-electron chi connectivity index (χ4n) is 1.90. The molecule has 0 aliphatic carbocycles. The lowest BCUT2D eigenvalue weighted by atomic mass is 10.1. The number of nitrogens with zero attached hydrogens (tertiary/aromatic N) is 1. The van der Waals surface area contributed by atoms with Crippen molar-refractivity contribution in [1.29, 1.82) is 0 Å².